The molecular weight excluding hydrogens is 324 g/mol. The number of halogens is 1. The lowest BCUT2D eigenvalue weighted by atomic mass is 9.89. The van der Waals surface area contributed by atoms with Crippen molar-refractivity contribution < 1.29 is 9.53 Å². The Bertz CT molecular complexity index is 691. The topological polar surface area (TPSA) is 55.6 Å². The molecule has 1 aliphatic rings. The van der Waals surface area contributed by atoms with E-state index in [1.54, 1.807) is 7.11 Å². The Balaban J connectivity index is 0.00000208. The van der Waals surface area contributed by atoms with Gasteiger partial charge in [-0.3, -0.25) is 4.79 Å². The third-order valence-corrected chi connectivity index (χ3v) is 4.41. The minimum absolute atomic E-state index is 0. The van der Waals surface area contributed by atoms with Crippen LogP contribution in [0.2, 0.25) is 0 Å². The minimum Gasteiger partial charge on any atom is -0.497 e. The maximum Gasteiger partial charge on any atom is 0.224 e. The molecule has 0 aromatic heterocycles. The Morgan fingerprint density at radius 3 is 2.62 bits per heavy atom. The van der Waals surface area contributed by atoms with E-state index in [0.717, 1.165) is 17.7 Å². The second-order valence-electron chi connectivity index (χ2n) is 5.83. The summed E-state index contributed by atoms with van der Waals surface area (Å²) < 4.78 is 5.31. The van der Waals surface area contributed by atoms with E-state index >= 15 is 0 Å². The normalized spacial score (nSPS) is 16.1. The first-order valence-electron chi connectivity index (χ1n) is 7.93. The number of rotatable bonds is 4. The van der Waals surface area contributed by atoms with Crippen molar-refractivity contribution >= 4 is 18.3 Å². The molecule has 0 saturated carbocycles. The summed E-state index contributed by atoms with van der Waals surface area (Å²) in [6.45, 7) is 0.979. The molecular formula is C19H23ClN2O2. The quantitative estimate of drug-likeness (QED) is 0.925. The lowest BCUT2D eigenvalue weighted by Gasteiger charge is -2.37. The third kappa shape index (κ3) is 3.71. The van der Waals surface area contributed by atoms with Gasteiger partial charge in [0.1, 0.15) is 5.75 Å². The van der Waals surface area contributed by atoms with Crippen LogP contribution in [0.1, 0.15) is 29.2 Å². The van der Waals surface area contributed by atoms with Gasteiger partial charge in [0.15, 0.2) is 0 Å². The molecule has 0 aliphatic carbocycles. The molecule has 5 heteroatoms. The zero-order chi connectivity index (χ0) is 16.2. The van der Waals surface area contributed by atoms with Crippen molar-refractivity contribution in [2.24, 2.45) is 5.73 Å². The molecule has 0 saturated heterocycles. The summed E-state index contributed by atoms with van der Waals surface area (Å²) in [7, 11) is 1.66. The first-order valence-corrected chi connectivity index (χ1v) is 7.93. The van der Waals surface area contributed by atoms with Crippen molar-refractivity contribution in [1.82, 2.24) is 4.90 Å². The SMILES string of the molecule is COc1ccc2c(c1)CN(C(=O)CCN)C(c1ccccc1)C2.Cl. The van der Waals surface area contributed by atoms with E-state index in [-0.39, 0.29) is 24.4 Å². The van der Waals surface area contributed by atoms with Gasteiger partial charge in [0.05, 0.1) is 13.2 Å². The number of nitrogens with two attached hydrogens (primary N) is 1. The van der Waals surface area contributed by atoms with Gasteiger partial charge >= 0.3 is 0 Å². The van der Waals surface area contributed by atoms with Crippen LogP contribution in [0.3, 0.4) is 0 Å². The van der Waals surface area contributed by atoms with Crippen molar-refractivity contribution in [2.75, 3.05) is 13.7 Å². The molecule has 128 valence electrons. The van der Waals surface area contributed by atoms with Crippen LogP contribution < -0.4 is 10.5 Å². The van der Waals surface area contributed by atoms with Crippen LogP contribution in [0.15, 0.2) is 48.5 Å². The summed E-state index contributed by atoms with van der Waals surface area (Å²) in [4.78, 5) is 14.5. The maximum atomic E-state index is 12.6. The molecule has 0 fully saturated rings. The Kier molecular flexibility index (Phi) is 6.23. The van der Waals surface area contributed by atoms with E-state index < -0.39 is 0 Å². The largest absolute Gasteiger partial charge is 0.497 e. The van der Waals surface area contributed by atoms with Crippen LogP contribution in [0, 0.1) is 0 Å². The van der Waals surface area contributed by atoms with Crippen LogP contribution in [0.5, 0.6) is 5.75 Å². The number of carbonyl (C=O) groups excluding carboxylic acids is 1. The molecule has 1 atom stereocenters. The molecule has 0 bridgehead atoms. The zero-order valence-corrected chi connectivity index (χ0v) is 14.6. The fourth-order valence-electron chi connectivity index (χ4n) is 3.19. The summed E-state index contributed by atoms with van der Waals surface area (Å²) in [6.07, 6.45) is 1.20. The number of carbonyl (C=O) groups is 1. The van der Waals surface area contributed by atoms with E-state index in [2.05, 4.69) is 18.2 Å². The summed E-state index contributed by atoms with van der Waals surface area (Å²) in [6, 6.07) is 16.4. The number of benzene rings is 2. The molecule has 3 rings (SSSR count). The number of nitrogens with zero attached hydrogens (tertiary/aromatic N) is 1. The summed E-state index contributed by atoms with van der Waals surface area (Å²) in [5, 5.41) is 0. The second kappa shape index (κ2) is 8.18. The number of hydrogen-bond acceptors (Lipinski definition) is 3. The molecule has 4 nitrogen and oxygen atoms in total. The van der Waals surface area contributed by atoms with Crippen molar-refractivity contribution in [2.45, 2.75) is 25.4 Å². The van der Waals surface area contributed by atoms with Crippen LogP contribution in [0.4, 0.5) is 0 Å². The number of hydrogen-bond donors (Lipinski definition) is 1. The standard InChI is InChI=1S/C19H22N2O2.ClH/c1-23-17-8-7-15-12-18(14-5-3-2-4-6-14)21(13-16(15)11-17)19(22)9-10-20;/h2-8,11,18H,9-10,12-13,20H2,1H3;1H. The fourth-order valence-corrected chi connectivity index (χ4v) is 3.19. The Morgan fingerprint density at radius 1 is 1.21 bits per heavy atom. The maximum absolute atomic E-state index is 12.6. The predicted octanol–water partition coefficient (Wildman–Crippen LogP) is 3.09. The van der Waals surface area contributed by atoms with Crippen LogP contribution in [0.25, 0.3) is 0 Å². The number of amides is 1. The van der Waals surface area contributed by atoms with Gasteiger partial charge in [-0.15, -0.1) is 12.4 Å². The summed E-state index contributed by atoms with van der Waals surface area (Å²) in [5.41, 5.74) is 9.19. The molecule has 0 spiro atoms. The predicted molar refractivity (Wildman–Crippen MR) is 97.4 cm³/mol. The van der Waals surface area contributed by atoms with Crippen molar-refractivity contribution in [1.29, 1.82) is 0 Å². The molecule has 2 aromatic rings. The monoisotopic (exact) mass is 346 g/mol. The highest BCUT2D eigenvalue weighted by Gasteiger charge is 2.30. The molecule has 1 aliphatic heterocycles. The third-order valence-electron chi connectivity index (χ3n) is 4.41. The van der Waals surface area contributed by atoms with Gasteiger partial charge in [0.2, 0.25) is 5.91 Å². The van der Waals surface area contributed by atoms with Crippen molar-refractivity contribution in [3.05, 3.63) is 65.2 Å². The first-order chi connectivity index (χ1) is 11.2. The van der Waals surface area contributed by atoms with E-state index in [9.17, 15) is 4.79 Å². The van der Waals surface area contributed by atoms with E-state index in [0.29, 0.717) is 19.5 Å². The average Bonchev–Trinajstić information content (AvgIpc) is 2.61. The number of methoxy groups -OCH3 is 1. The Labute approximate surface area is 149 Å². The van der Waals surface area contributed by atoms with Crippen LogP contribution in [-0.4, -0.2) is 24.5 Å². The van der Waals surface area contributed by atoms with E-state index in [4.69, 9.17) is 10.5 Å². The van der Waals surface area contributed by atoms with Gasteiger partial charge in [0, 0.05) is 19.5 Å². The van der Waals surface area contributed by atoms with Gasteiger partial charge < -0.3 is 15.4 Å². The average molecular weight is 347 g/mol. The summed E-state index contributed by atoms with van der Waals surface area (Å²) in [5.74, 6) is 0.933. The zero-order valence-electron chi connectivity index (χ0n) is 13.8. The Hall–Kier alpha value is -2.04. The molecule has 24 heavy (non-hydrogen) atoms. The fraction of sp³-hybridized carbons (Fsp3) is 0.316. The van der Waals surface area contributed by atoms with Gasteiger partial charge in [0.25, 0.3) is 0 Å². The Morgan fingerprint density at radius 2 is 1.96 bits per heavy atom. The van der Waals surface area contributed by atoms with E-state index in [1.807, 2.05) is 35.2 Å². The van der Waals surface area contributed by atoms with E-state index in [1.165, 1.54) is 11.1 Å². The second-order valence-corrected chi connectivity index (χ2v) is 5.83. The van der Waals surface area contributed by atoms with Crippen LogP contribution in [-0.2, 0) is 17.8 Å². The lowest BCUT2D eigenvalue weighted by molar-refractivity contribution is -0.134. The van der Waals surface area contributed by atoms with Gasteiger partial charge in [-0.05, 0) is 35.2 Å². The smallest absolute Gasteiger partial charge is 0.224 e. The molecule has 1 amide bonds. The highest BCUT2D eigenvalue weighted by Crippen LogP contribution is 2.35. The lowest BCUT2D eigenvalue weighted by Crippen LogP contribution is -2.39. The highest BCUT2D eigenvalue weighted by molar-refractivity contribution is 5.85. The number of ether oxygens (including phenoxy) is 1. The highest BCUT2D eigenvalue weighted by atomic mass is 35.5. The van der Waals surface area contributed by atoms with Crippen LogP contribution >= 0.6 is 12.4 Å². The molecule has 1 unspecified atom stereocenters. The first kappa shape index (κ1) is 18.3. The minimum atomic E-state index is 0. The van der Waals surface area contributed by atoms with Crippen molar-refractivity contribution in [3.8, 4) is 5.75 Å². The number of fused-ring (bicyclic) bond motifs is 1. The summed E-state index contributed by atoms with van der Waals surface area (Å²) >= 11 is 0. The van der Waals surface area contributed by atoms with Gasteiger partial charge in [-0.1, -0.05) is 36.4 Å². The molecule has 2 N–H and O–H groups in total. The van der Waals surface area contributed by atoms with Gasteiger partial charge in [-0.2, -0.15) is 0 Å². The molecule has 2 aromatic carbocycles. The molecule has 0 radical (unpaired) electrons. The molecule has 1 heterocycles. The van der Waals surface area contributed by atoms with Gasteiger partial charge in [-0.25, -0.2) is 0 Å². The van der Waals surface area contributed by atoms with Crippen molar-refractivity contribution in [3.63, 3.8) is 0 Å².